The quantitative estimate of drug-likeness (QED) is 0.853. The van der Waals surface area contributed by atoms with E-state index in [-0.39, 0.29) is 12.3 Å². The fourth-order valence-electron chi connectivity index (χ4n) is 1.74. The van der Waals surface area contributed by atoms with Gasteiger partial charge in [-0.15, -0.1) is 0 Å². The van der Waals surface area contributed by atoms with Crippen LogP contribution in [0.15, 0.2) is 48.5 Å². The average molecular weight is 305 g/mol. The summed E-state index contributed by atoms with van der Waals surface area (Å²) >= 11 is 10.7. The molecule has 0 unspecified atom stereocenters. The van der Waals surface area contributed by atoms with Crippen LogP contribution in [-0.2, 0) is 11.2 Å². The number of hydrogen-bond acceptors (Lipinski definition) is 2. The number of thiocarbonyl (C=S) groups is 1. The van der Waals surface area contributed by atoms with Gasteiger partial charge < -0.3 is 11.1 Å². The zero-order valence-corrected chi connectivity index (χ0v) is 12.2. The molecule has 2 rings (SSSR count). The molecule has 0 aliphatic heterocycles. The number of carbonyl (C=O) groups excluding carboxylic acids is 1. The third-order valence-electron chi connectivity index (χ3n) is 2.71. The van der Waals surface area contributed by atoms with Gasteiger partial charge in [-0.2, -0.15) is 0 Å². The second-order valence-electron chi connectivity index (χ2n) is 4.30. The van der Waals surface area contributed by atoms with Crippen LogP contribution in [0.4, 0.5) is 5.69 Å². The Labute approximate surface area is 127 Å². The predicted octanol–water partition coefficient (Wildman–Crippen LogP) is 3.16. The highest BCUT2D eigenvalue weighted by Crippen LogP contribution is 2.15. The molecule has 0 saturated heterocycles. The molecule has 0 bridgehead atoms. The van der Waals surface area contributed by atoms with Crippen molar-refractivity contribution in [2.24, 2.45) is 5.73 Å². The Bertz CT molecular complexity index is 641. The van der Waals surface area contributed by atoms with Gasteiger partial charge in [0.15, 0.2) is 0 Å². The fourth-order valence-corrected chi connectivity index (χ4v) is 2.07. The molecule has 2 aromatic rings. The summed E-state index contributed by atoms with van der Waals surface area (Å²) in [5.74, 6) is -0.102. The van der Waals surface area contributed by atoms with E-state index in [9.17, 15) is 4.79 Å². The first-order chi connectivity index (χ1) is 9.54. The van der Waals surface area contributed by atoms with Crippen LogP contribution < -0.4 is 11.1 Å². The highest BCUT2D eigenvalue weighted by Gasteiger charge is 2.05. The molecule has 0 fully saturated rings. The molecule has 0 atom stereocenters. The lowest BCUT2D eigenvalue weighted by molar-refractivity contribution is -0.115. The smallest absolute Gasteiger partial charge is 0.228 e. The van der Waals surface area contributed by atoms with Crippen molar-refractivity contribution in [1.82, 2.24) is 0 Å². The Kier molecular flexibility index (Phi) is 4.71. The molecule has 0 spiro atoms. The largest absolute Gasteiger partial charge is 0.389 e. The van der Waals surface area contributed by atoms with E-state index in [1.165, 1.54) is 0 Å². The summed E-state index contributed by atoms with van der Waals surface area (Å²) in [4.78, 5) is 12.3. The van der Waals surface area contributed by atoms with E-state index in [1.54, 1.807) is 24.3 Å². The van der Waals surface area contributed by atoms with Crippen LogP contribution >= 0.6 is 23.8 Å². The van der Waals surface area contributed by atoms with Gasteiger partial charge in [-0.3, -0.25) is 4.79 Å². The normalized spacial score (nSPS) is 10.1. The van der Waals surface area contributed by atoms with E-state index in [1.807, 2.05) is 24.3 Å². The lowest BCUT2D eigenvalue weighted by Gasteiger charge is -2.06. The molecule has 0 aliphatic rings. The molecule has 0 aliphatic carbocycles. The van der Waals surface area contributed by atoms with Crippen molar-refractivity contribution in [2.45, 2.75) is 6.42 Å². The minimum absolute atomic E-state index is 0.102. The topological polar surface area (TPSA) is 55.1 Å². The molecule has 20 heavy (non-hydrogen) atoms. The Morgan fingerprint density at radius 2 is 1.90 bits per heavy atom. The van der Waals surface area contributed by atoms with Crippen LogP contribution in [0, 0.1) is 0 Å². The minimum Gasteiger partial charge on any atom is -0.389 e. The van der Waals surface area contributed by atoms with Crippen molar-refractivity contribution in [2.75, 3.05) is 5.32 Å². The second kappa shape index (κ2) is 6.50. The van der Waals surface area contributed by atoms with Gasteiger partial charge in [0.05, 0.1) is 6.42 Å². The van der Waals surface area contributed by atoms with E-state index in [2.05, 4.69) is 5.32 Å². The first-order valence-electron chi connectivity index (χ1n) is 5.99. The van der Waals surface area contributed by atoms with Gasteiger partial charge in [0.25, 0.3) is 0 Å². The highest BCUT2D eigenvalue weighted by atomic mass is 35.5. The summed E-state index contributed by atoms with van der Waals surface area (Å²) in [6.07, 6.45) is 0.282. The van der Waals surface area contributed by atoms with Crippen molar-refractivity contribution < 1.29 is 4.79 Å². The SMILES string of the molecule is NC(=S)c1ccc(CC(=O)Nc2cccc(Cl)c2)cc1. The molecule has 1 amide bonds. The van der Waals surface area contributed by atoms with Crippen molar-refractivity contribution in [1.29, 1.82) is 0 Å². The monoisotopic (exact) mass is 304 g/mol. The van der Waals surface area contributed by atoms with Crippen molar-refractivity contribution in [3.05, 3.63) is 64.7 Å². The lowest BCUT2D eigenvalue weighted by Crippen LogP contribution is -2.14. The number of amides is 1. The Hall–Kier alpha value is -1.91. The summed E-state index contributed by atoms with van der Waals surface area (Å²) in [5.41, 5.74) is 7.89. The van der Waals surface area contributed by atoms with Gasteiger partial charge in [0.1, 0.15) is 4.99 Å². The van der Waals surface area contributed by atoms with Gasteiger partial charge in [0, 0.05) is 16.3 Å². The molecule has 5 heteroatoms. The van der Waals surface area contributed by atoms with Crippen LogP contribution in [0.1, 0.15) is 11.1 Å². The highest BCUT2D eigenvalue weighted by molar-refractivity contribution is 7.80. The molecule has 2 aromatic carbocycles. The number of hydrogen-bond donors (Lipinski definition) is 2. The molecule has 0 radical (unpaired) electrons. The Morgan fingerprint density at radius 3 is 2.50 bits per heavy atom. The molecular weight excluding hydrogens is 292 g/mol. The van der Waals surface area contributed by atoms with Crippen molar-refractivity contribution in [3.8, 4) is 0 Å². The number of halogens is 1. The number of nitrogens with one attached hydrogen (secondary N) is 1. The molecule has 0 saturated carbocycles. The zero-order chi connectivity index (χ0) is 14.5. The first-order valence-corrected chi connectivity index (χ1v) is 6.77. The van der Waals surface area contributed by atoms with Gasteiger partial charge in [0.2, 0.25) is 5.91 Å². The van der Waals surface area contributed by atoms with Gasteiger partial charge in [-0.1, -0.05) is 54.2 Å². The maximum absolute atomic E-state index is 11.9. The van der Waals surface area contributed by atoms with Gasteiger partial charge in [-0.05, 0) is 23.8 Å². The third kappa shape index (κ3) is 4.05. The van der Waals surface area contributed by atoms with Crippen LogP contribution in [-0.4, -0.2) is 10.9 Å². The summed E-state index contributed by atoms with van der Waals surface area (Å²) in [6.45, 7) is 0. The zero-order valence-electron chi connectivity index (χ0n) is 10.6. The molecule has 3 N–H and O–H groups in total. The molecule has 102 valence electrons. The van der Waals surface area contributed by atoms with Crippen molar-refractivity contribution in [3.63, 3.8) is 0 Å². The maximum atomic E-state index is 11.9. The molecule has 0 heterocycles. The number of anilines is 1. The van der Waals surface area contributed by atoms with Crippen LogP contribution in [0.2, 0.25) is 5.02 Å². The number of rotatable bonds is 4. The van der Waals surface area contributed by atoms with E-state index >= 15 is 0 Å². The van der Waals surface area contributed by atoms with E-state index in [4.69, 9.17) is 29.6 Å². The van der Waals surface area contributed by atoms with Gasteiger partial charge in [-0.25, -0.2) is 0 Å². The summed E-state index contributed by atoms with van der Waals surface area (Å²) < 4.78 is 0. The van der Waals surface area contributed by atoms with E-state index in [0.29, 0.717) is 15.7 Å². The number of nitrogens with two attached hydrogens (primary N) is 1. The Balaban J connectivity index is 1.99. The summed E-state index contributed by atoms with van der Waals surface area (Å²) in [6, 6.07) is 14.3. The lowest BCUT2D eigenvalue weighted by atomic mass is 10.1. The molecule has 0 aromatic heterocycles. The summed E-state index contributed by atoms with van der Waals surface area (Å²) in [5, 5.41) is 3.38. The average Bonchev–Trinajstić information content (AvgIpc) is 2.39. The number of benzene rings is 2. The maximum Gasteiger partial charge on any atom is 0.228 e. The van der Waals surface area contributed by atoms with E-state index < -0.39 is 0 Å². The number of carbonyl (C=O) groups is 1. The minimum atomic E-state index is -0.102. The molecule has 3 nitrogen and oxygen atoms in total. The predicted molar refractivity (Wildman–Crippen MR) is 86.1 cm³/mol. The standard InChI is InChI=1S/C15H13ClN2OS/c16-12-2-1-3-13(9-12)18-14(19)8-10-4-6-11(7-5-10)15(17)20/h1-7,9H,8H2,(H2,17,20)(H,18,19). The Morgan fingerprint density at radius 1 is 1.20 bits per heavy atom. The second-order valence-corrected chi connectivity index (χ2v) is 5.17. The fraction of sp³-hybridized carbons (Fsp3) is 0.0667. The van der Waals surface area contributed by atoms with Crippen LogP contribution in [0.3, 0.4) is 0 Å². The summed E-state index contributed by atoms with van der Waals surface area (Å²) in [7, 11) is 0. The molecular formula is C15H13ClN2OS. The third-order valence-corrected chi connectivity index (χ3v) is 3.18. The first kappa shape index (κ1) is 14.5. The van der Waals surface area contributed by atoms with Crippen molar-refractivity contribution >= 4 is 40.4 Å². The van der Waals surface area contributed by atoms with Crippen LogP contribution in [0.5, 0.6) is 0 Å². The van der Waals surface area contributed by atoms with Crippen LogP contribution in [0.25, 0.3) is 0 Å². The van der Waals surface area contributed by atoms with Gasteiger partial charge >= 0.3 is 0 Å². The van der Waals surface area contributed by atoms with E-state index in [0.717, 1.165) is 11.1 Å².